The number of carboxylic acids is 1. The van der Waals surface area contributed by atoms with E-state index in [1.165, 1.54) is 6.92 Å². The Kier molecular flexibility index (Phi) is 1.06. The fourth-order valence-corrected chi connectivity index (χ4v) is 0.980. The molecule has 0 heterocycles. The van der Waals surface area contributed by atoms with Crippen molar-refractivity contribution in [3.63, 3.8) is 0 Å². The summed E-state index contributed by atoms with van der Waals surface area (Å²) >= 11 is 5.10. The van der Waals surface area contributed by atoms with Crippen LogP contribution in [-0.2, 0) is 4.79 Å². The first-order chi connectivity index (χ1) is 3.90. The Bertz CT molecular complexity index is 168. The summed E-state index contributed by atoms with van der Waals surface area (Å²) in [6.07, 6.45) is -0.0864. The summed E-state index contributed by atoms with van der Waals surface area (Å²) in [5.74, 6) is -1.17. The van der Waals surface area contributed by atoms with Crippen LogP contribution in [0.4, 0.5) is 4.39 Å². The summed E-state index contributed by atoms with van der Waals surface area (Å²) in [5, 5.41) is 6.32. The van der Waals surface area contributed by atoms with E-state index < -0.39 is 16.5 Å². The minimum atomic E-state index is -2.00. The lowest BCUT2D eigenvalue weighted by atomic mass is 10.1. The Morgan fingerprint density at radius 3 is 2.22 bits per heavy atom. The second kappa shape index (κ2) is 1.40. The average Bonchev–Trinajstić information content (AvgIpc) is 2.08. The standard InChI is InChI=1S/C5H6ClFO2/c1-4(3(8)9)2-5(4,6)7/h2H2,1H3,(H,8,9)/t4-,5+/m1/s1. The van der Waals surface area contributed by atoms with E-state index in [1.54, 1.807) is 0 Å². The zero-order valence-corrected chi connectivity index (χ0v) is 5.57. The monoisotopic (exact) mass is 152 g/mol. The molecule has 0 saturated heterocycles. The number of rotatable bonds is 1. The van der Waals surface area contributed by atoms with Gasteiger partial charge in [0, 0.05) is 6.42 Å². The van der Waals surface area contributed by atoms with Crippen LogP contribution in [0.25, 0.3) is 0 Å². The van der Waals surface area contributed by atoms with Gasteiger partial charge in [0.15, 0.2) is 0 Å². The normalized spacial score (nSPS) is 48.8. The minimum Gasteiger partial charge on any atom is -0.481 e. The van der Waals surface area contributed by atoms with Crippen molar-refractivity contribution in [1.82, 2.24) is 0 Å². The number of hydrogen-bond acceptors (Lipinski definition) is 1. The first-order valence-corrected chi connectivity index (χ1v) is 2.89. The molecule has 1 aliphatic carbocycles. The van der Waals surface area contributed by atoms with E-state index in [4.69, 9.17) is 16.7 Å². The van der Waals surface area contributed by atoms with E-state index in [9.17, 15) is 9.18 Å². The number of hydrogen-bond donors (Lipinski definition) is 1. The quantitative estimate of drug-likeness (QED) is 0.577. The Balaban J connectivity index is 2.74. The first-order valence-electron chi connectivity index (χ1n) is 2.51. The number of aliphatic carboxylic acids is 1. The zero-order chi connectivity index (χ0) is 7.28. The molecular weight excluding hydrogens is 147 g/mol. The maximum Gasteiger partial charge on any atom is 0.314 e. The summed E-state index contributed by atoms with van der Waals surface area (Å²) < 4.78 is 12.5. The third-order valence-electron chi connectivity index (χ3n) is 1.73. The minimum absolute atomic E-state index is 0.0864. The van der Waals surface area contributed by atoms with Crippen molar-refractivity contribution in [2.75, 3.05) is 0 Å². The maximum atomic E-state index is 12.5. The van der Waals surface area contributed by atoms with Gasteiger partial charge in [-0.2, -0.15) is 0 Å². The predicted octanol–water partition coefficient (Wildman–Crippen LogP) is 1.39. The van der Waals surface area contributed by atoms with Gasteiger partial charge in [-0.25, -0.2) is 4.39 Å². The van der Waals surface area contributed by atoms with Crippen LogP contribution < -0.4 is 0 Å². The highest BCUT2D eigenvalue weighted by molar-refractivity contribution is 6.27. The van der Waals surface area contributed by atoms with Crippen molar-refractivity contribution in [2.45, 2.75) is 18.5 Å². The Labute approximate surface area is 56.6 Å². The highest BCUT2D eigenvalue weighted by atomic mass is 35.5. The molecule has 1 fully saturated rings. The summed E-state index contributed by atoms with van der Waals surface area (Å²) in [6.45, 7) is 1.29. The summed E-state index contributed by atoms with van der Waals surface area (Å²) in [7, 11) is 0. The van der Waals surface area contributed by atoms with Crippen molar-refractivity contribution >= 4 is 17.6 Å². The second-order valence-electron chi connectivity index (χ2n) is 2.52. The average molecular weight is 153 g/mol. The fourth-order valence-electron chi connectivity index (χ4n) is 0.632. The SMILES string of the molecule is C[C@]1(C(=O)O)C[C@@]1(F)Cl. The van der Waals surface area contributed by atoms with Crippen LogP contribution in [0, 0.1) is 5.41 Å². The van der Waals surface area contributed by atoms with Crippen LogP contribution >= 0.6 is 11.6 Å². The molecule has 0 unspecified atom stereocenters. The molecule has 4 heteroatoms. The molecule has 0 aromatic heterocycles. The Hall–Kier alpha value is -0.310. The van der Waals surface area contributed by atoms with Crippen LogP contribution in [0.15, 0.2) is 0 Å². The van der Waals surface area contributed by atoms with Gasteiger partial charge in [-0.3, -0.25) is 4.79 Å². The summed E-state index contributed by atoms with van der Waals surface area (Å²) in [5.41, 5.74) is -1.34. The van der Waals surface area contributed by atoms with E-state index in [0.717, 1.165) is 0 Å². The number of alkyl halides is 2. The van der Waals surface area contributed by atoms with Gasteiger partial charge in [0.2, 0.25) is 5.13 Å². The van der Waals surface area contributed by atoms with Crippen LogP contribution in [0.1, 0.15) is 13.3 Å². The first kappa shape index (κ1) is 6.81. The third kappa shape index (κ3) is 0.713. The highest BCUT2D eigenvalue weighted by Crippen LogP contribution is 2.61. The van der Waals surface area contributed by atoms with E-state index in [2.05, 4.69) is 0 Å². The van der Waals surface area contributed by atoms with Crippen molar-refractivity contribution in [1.29, 1.82) is 0 Å². The maximum absolute atomic E-state index is 12.5. The van der Waals surface area contributed by atoms with Gasteiger partial charge in [0.05, 0.1) is 0 Å². The molecule has 0 bridgehead atoms. The molecule has 9 heavy (non-hydrogen) atoms. The van der Waals surface area contributed by atoms with Gasteiger partial charge in [-0.05, 0) is 6.92 Å². The fraction of sp³-hybridized carbons (Fsp3) is 0.800. The highest BCUT2D eigenvalue weighted by Gasteiger charge is 2.70. The molecule has 0 aromatic rings. The lowest BCUT2D eigenvalue weighted by Crippen LogP contribution is -2.17. The van der Waals surface area contributed by atoms with Crippen molar-refractivity contribution in [2.24, 2.45) is 5.41 Å². The molecule has 1 N–H and O–H groups in total. The van der Waals surface area contributed by atoms with Crippen molar-refractivity contribution in [3.05, 3.63) is 0 Å². The van der Waals surface area contributed by atoms with E-state index in [-0.39, 0.29) is 6.42 Å². The van der Waals surface area contributed by atoms with E-state index >= 15 is 0 Å². The molecule has 0 radical (unpaired) electrons. The number of carboxylic acid groups (broad SMARTS) is 1. The van der Waals surface area contributed by atoms with Crippen LogP contribution in [-0.4, -0.2) is 16.2 Å². The molecule has 0 amide bonds. The Morgan fingerprint density at radius 2 is 2.22 bits per heavy atom. The molecule has 52 valence electrons. The van der Waals surface area contributed by atoms with Gasteiger partial charge >= 0.3 is 5.97 Å². The summed E-state index contributed by atoms with van der Waals surface area (Å²) in [4.78, 5) is 10.2. The molecule has 1 saturated carbocycles. The predicted molar refractivity (Wildman–Crippen MR) is 30.1 cm³/mol. The number of carbonyl (C=O) groups is 1. The van der Waals surface area contributed by atoms with Gasteiger partial charge in [0.1, 0.15) is 5.41 Å². The third-order valence-corrected chi connectivity index (χ3v) is 2.28. The molecule has 2 atom stereocenters. The topological polar surface area (TPSA) is 37.3 Å². The van der Waals surface area contributed by atoms with E-state index in [1.807, 2.05) is 0 Å². The smallest absolute Gasteiger partial charge is 0.314 e. The Morgan fingerprint density at radius 1 is 1.89 bits per heavy atom. The molecule has 2 nitrogen and oxygen atoms in total. The van der Waals surface area contributed by atoms with Crippen LogP contribution in [0.2, 0.25) is 0 Å². The second-order valence-corrected chi connectivity index (χ2v) is 3.12. The molecule has 1 rings (SSSR count). The van der Waals surface area contributed by atoms with Crippen LogP contribution in [0.5, 0.6) is 0 Å². The molecule has 0 aromatic carbocycles. The molecule has 0 spiro atoms. The van der Waals surface area contributed by atoms with Crippen molar-refractivity contribution in [3.8, 4) is 0 Å². The van der Waals surface area contributed by atoms with Gasteiger partial charge < -0.3 is 5.11 Å². The largest absolute Gasteiger partial charge is 0.481 e. The van der Waals surface area contributed by atoms with Crippen molar-refractivity contribution < 1.29 is 14.3 Å². The number of halogens is 2. The molecular formula is C5H6ClFO2. The lowest BCUT2D eigenvalue weighted by molar-refractivity contribution is -0.143. The zero-order valence-electron chi connectivity index (χ0n) is 4.82. The summed E-state index contributed by atoms with van der Waals surface area (Å²) in [6, 6.07) is 0. The van der Waals surface area contributed by atoms with E-state index in [0.29, 0.717) is 0 Å². The molecule has 1 aliphatic rings. The van der Waals surface area contributed by atoms with Gasteiger partial charge in [0.25, 0.3) is 0 Å². The van der Waals surface area contributed by atoms with Gasteiger partial charge in [-0.15, -0.1) is 0 Å². The molecule has 0 aliphatic heterocycles. The van der Waals surface area contributed by atoms with Gasteiger partial charge in [-0.1, -0.05) is 11.6 Å². The van der Waals surface area contributed by atoms with Crippen LogP contribution in [0.3, 0.4) is 0 Å². The lowest BCUT2D eigenvalue weighted by Gasteiger charge is -2.01.